The van der Waals surface area contributed by atoms with Crippen molar-refractivity contribution in [3.8, 4) is 0 Å². The van der Waals surface area contributed by atoms with Gasteiger partial charge in [0.05, 0.1) is 5.57 Å². The van der Waals surface area contributed by atoms with Gasteiger partial charge < -0.3 is 9.84 Å². The molecule has 0 amide bonds. The summed E-state index contributed by atoms with van der Waals surface area (Å²) in [5, 5.41) is 9.44. The standard InChI is InChI=1S/C28H34O3/c1-4-21-13-18(3)14-22(5-2)25(21)26-27(30)23-15-20(11-12-29)16-24(23)28(26)31-17-19-9-7-6-8-10-19/h6-10,13-14,20,23-24,29H,4-5,11-12,15-17H2,1-3H3. The number of Topliss-reactive ketones (excluding diaryl/α,β-unsaturated/α-hetero) is 1. The molecule has 164 valence electrons. The van der Waals surface area contributed by atoms with Crippen LogP contribution in [0.15, 0.2) is 48.2 Å². The number of hydrogen-bond donors (Lipinski definition) is 1. The number of fused-ring (bicyclic) bond motifs is 1. The van der Waals surface area contributed by atoms with Gasteiger partial charge in [-0.25, -0.2) is 0 Å². The van der Waals surface area contributed by atoms with E-state index in [2.05, 4.69) is 45.0 Å². The summed E-state index contributed by atoms with van der Waals surface area (Å²) in [5.41, 5.74) is 6.81. The van der Waals surface area contributed by atoms with Crippen molar-refractivity contribution in [3.05, 3.63) is 76.0 Å². The number of aliphatic hydroxyl groups is 1. The van der Waals surface area contributed by atoms with E-state index in [-0.39, 0.29) is 24.2 Å². The fourth-order valence-electron chi connectivity index (χ4n) is 5.61. The maximum absolute atomic E-state index is 13.8. The summed E-state index contributed by atoms with van der Waals surface area (Å²) in [5.74, 6) is 1.68. The zero-order valence-electron chi connectivity index (χ0n) is 19.0. The number of hydrogen-bond acceptors (Lipinski definition) is 3. The minimum Gasteiger partial charge on any atom is -0.492 e. The van der Waals surface area contributed by atoms with Crippen LogP contribution in [-0.4, -0.2) is 17.5 Å². The van der Waals surface area contributed by atoms with Gasteiger partial charge in [-0.1, -0.05) is 61.9 Å². The molecular weight excluding hydrogens is 384 g/mol. The van der Waals surface area contributed by atoms with E-state index in [1.54, 1.807) is 0 Å². The second-order valence-corrected chi connectivity index (χ2v) is 9.11. The Morgan fingerprint density at radius 2 is 1.65 bits per heavy atom. The Hall–Kier alpha value is -2.39. The predicted molar refractivity (Wildman–Crippen MR) is 124 cm³/mol. The first kappa shape index (κ1) is 21.8. The Balaban J connectivity index is 1.80. The van der Waals surface area contributed by atoms with E-state index in [4.69, 9.17) is 4.74 Å². The zero-order valence-corrected chi connectivity index (χ0v) is 19.0. The van der Waals surface area contributed by atoms with Crippen LogP contribution in [0, 0.1) is 24.7 Å². The van der Waals surface area contributed by atoms with Gasteiger partial charge in [0.15, 0.2) is 5.78 Å². The SMILES string of the molecule is CCc1cc(C)cc(CC)c1C1=C(OCc2ccccc2)C2CC(CCO)CC2C1=O. The van der Waals surface area contributed by atoms with Gasteiger partial charge in [-0.3, -0.25) is 4.79 Å². The van der Waals surface area contributed by atoms with Gasteiger partial charge >= 0.3 is 0 Å². The van der Waals surface area contributed by atoms with Crippen LogP contribution in [0.4, 0.5) is 0 Å². The van der Waals surface area contributed by atoms with E-state index < -0.39 is 0 Å². The zero-order chi connectivity index (χ0) is 22.0. The van der Waals surface area contributed by atoms with E-state index in [0.29, 0.717) is 12.5 Å². The third-order valence-corrected chi connectivity index (χ3v) is 7.06. The highest BCUT2D eigenvalue weighted by molar-refractivity contribution is 6.25. The average Bonchev–Trinajstić information content (AvgIpc) is 3.30. The number of carbonyl (C=O) groups excluding carboxylic acids is 1. The van der Waals surface area contributed by atoms with Gasteiger partial charge in [-0.05, 0) is 67.2 Å². The predicted octanol–water partition coefficient (Wildman–Crippen LogP) is 5.66. The van der Waals surface area contributed by atoms with Gasteiger partial charge in [-0.2, -0.15) is 0 Å². The second kappa shape index (κ2) is 9.40. The summed E-state index contributed by atoms with van der Waals surface area (Å²) >= 11 is 0. The molecule has 0 radical (unpaired) electrons. The fraction of sp³-hybridized carbons (Fsp3) is 0.464. The molecule has 0 aromatic heterocycles. The van der Waals surface area contributed by atoms with Gasteiger partial charge in [0.25, 0.3) is 0 Å². The molecule has 2 aromatic carbocycles. The molecule has 3 nitrogen and oxygen atoms in total. The number of ketones is 1. The Morgan fingerprint density at radius 1 is 1.00 bits per heavy atom. The molecule has 2 aromatic rings. The molecule has 0 heterocycles. The lowest BCUT2D eigenvalue weighted by Gasteiger charge is -2.20. The minimum absolute atomic E-state index is 0.00645. The summed E-state index contributed by atoms with van der Waals surface area (Å²) in [6.45, 7) is 7.14. The van der Waals surface area contributed by atoms with E-state index in [1.165, 1.54) is 16.7 Å². The molecule has 31 heavy (non-hydrogen) atoms. The number of carbonyl (C=O) groups is 1. The highest BCUT2D eigenvalue weighted by Crippen LogP contribution is 2.52. The molecule has 4 rings (SSSR count). The van der Waals surface area contributed by atoms with Gasteiger partial charge in [-0.15, -0.1) is 0 Å². The fourth-order valence-corrected chi connectivity index (χ4v) is 5.61. The molecule has 1 saturated carbocycles. The molecule has 2 aliphatic rings. The minimum atomic E-state index is -0.00645. The summed E-state index contributed by atoms with van der Waals surface area (Å²) in [6.07, 6.45) is 4.36. The Labute approximate surface area is 186 Å². The Kier molecular flexibility index (Phi) is 6.62. The molecule has 3 atom stereocenters. The average molecular weight is 419 g/mol. The molecule has 0 aliphatic heterocycles. The van der Waals surface area contributed by atoms with E-state index in [0.717, 1.165) is 54.6 Å². The van der Waals surface area contributed by atoms with Crippen LogP contribution in [0.1, 0.15) is 60.9 Å². The third-order valence-electron chi connectivity index (χ3n) is 7.06. The van der Waals surface area contributed by atoms with Crippen molar-refractivity contribution in [3.63, 3.8) is 0 Å². The van der Waals surface area contributed by atoms with Crippen LogP contribution in [0.5, 0.6) is 0 Å². The van der Waals surface area contributed by atoms with Gasteiger partial charge in [0.1, 0.15) is 12.4 Å². The lowest BCUT2D eigenvalue weighted by atomic mass is 9.87. The van der Waals surface area contributed by atoms with Crippen molar-refractivity contribution in [1.82, 2.24) is 0 Å². The van der Waals surface area contributed by atoms with E-state index in [1.807, 2.05) is 18.2 Å². The van der Waals surface area contributed by atoms with Crippen molar-refractivity contribution in [2.24, 2.45) is 17.8 Å². The molecule has 0 spiro atoms. The summed E-state index contributed by atoms with van der Waals surface area (Å²) in [4.78, 5) is 13.8. The number of allylic oxidation sites excluding steroid dienone is 2. The van der Waals surface area contributed by atoms with Crippen LogP contribution in [-0.2, 0) is 29.0 Å². The van der Waals surface area contributed by atoms with Gasteiger partial charge in [0, 0.05) is 18.4 Å². The van der Waals surface area contributed by atoms with Crippen LogP contribution in [0.3, 0.4) is 0 Å². The highest BCUT2D eigenvalue weighted by Gasteiger charge is 2.49. The molecule has 2 aliphatic carbocycles. The lowest BCUT2D eigenvalue weighted by Crippen LogP contribution is -2.13. The third kappa shape index (κ3) is 4.21. The molecule has 1 fully saturated rings. The maximum Gasteiger partial charge on any atom is 0.170 e. The maximum atomic E-state index is 13.8. The first-order valence-electron chi connectivity index (χ1n) is 11.8. The van der Waals surface area contributed by atoms with Crippen molar-refractivity contribution in [2.45, 2.75) is 59.5 Å². The summed E-state index contributed by atoms with van der Waals surface area (Å²) in [7, 11) is 0. The van der Waals surface area contributed by atoms with E-state index in [9.17, 15) is 9.90 Å². The van der Waals surface area contributed by atoms with E-state index >= 15 is 0 Å². The number of ether oxygens (including phenoxy) is 1. The van der Waals surface area contributed by atoms with Crippen molar-refractivity contribution in [1.29, 1.82) is 0 Å². The normalized spacial score (nSPS) is 22.8. The monoisotopic (exact) mass is 418 g/mol. The quantitative estimate of drug-likeness (QED) is 0.602. The molecular formula is C28H34O3. The summed E-state index contributed by atoms with van der Waals surface area (Å²) < 4.78 is 6.49. The first-order valence-corrected chi connectivity index (χ1v) is 11.8. The molecule has 3 heteroatoms. The number of aryl methyl sites for hydroxylation is 3. The van der Waals surface area contributed by atoms with Crippen LogP contribution < -0.4 is 0 Å². The van der Waals surface area contributed by atoms with Gasteiger partial charge in [0.2, 0.25) is 0 Å². The lowest BCUT2D eigenvalue weighted by molar-refractivity contribution is -0.117. The molecule has 3 unspecified atom stereocenters. The highest BCUT2D eigenvalue weighted by atomic mass is 16.5. The topological polar surface area (TPSA) is 46.5 Å². The Bertz CT molecular complexity index is 948. The second-order valence-electron chi connectivity index (χ2n) is 9.11. The Morgan fingerprint density at radius 3 is 2.26 bits per heavy atom. The molecule has 0 bridgehead atoms. The van der Waals surface area contributed by atoms with Crippen LogP contribution >= 0.6 is 0 Å². The van der Waals surface area contributed by atoms with Crippen molar-refractivity contribution in [2.75, 3.05) is 6.61 Å². The number of rotatable bonds is 8. The summed E-state index contributed by atoms with van der Waals surface area (Å²) in [6, 6.07) is 14.6. The smallest absolute Gasteiger partial charge is 0.170 e. The molecule has 1 N–H and O–H groups in total. The number of aliphatic hydroxyl groups excluding tert-OH is 1. The van der Waals surface area contributed by atoms with Crippen molar-refractivity contribution >= 4 is 11.4 Å². The van der Waals surface area contributed by atoms with Crippen LogP contribution in [0.2, 0.25) is 0 Å². The number of benzene rings is 2. The van der Waals surface area contributed by atoms with Crippen LogP contribution in [0.25, 0.3) is 5.57 Å². The largest absolute Gasteiger partial charge is 0.492 e. The van der Waals surface area contributed by atoms with Crippen molar-refractivity contribution < 1.29 is 14.6 Å². The molecule has 0 saturated heterocycles. The first-order chi connectivity index (χ1) is 15.1.